The zero-order valence-electron chi connectivity index (χ0n) is 11.0. The Bertz CT molecular complexity index is 730. The summed E-state index contributed by atoms with van der Waals surface area (Å²) in [5, 5.41) is 19.4. The number of nitrogens with two attached hydrogens (primary N) is 1. The summed E-state index contributed by atoms with van der Waals surface area (Å²) in [5.74, 6) is -1.08. The molecular weight excluding hydrogens is 317 g/mol. The van der Waals surface area contributed by atoms with E-state index in [1.165, 1.54) is 12.3 Å². The van der Waals surface area contributed by atoms with Gasteiger partial charge in [-0.1, -0.05) is 0 Å². The second-order valence-electron chi connectivity index (χ2n) is 4.35. The molecule has 0 aromatic carbocycles. The van der Waals surface area contributed by atoms with Crippen LogP contribution in [-0.2, 0) is 18.8 Å². The molecule has 0 unspecified atom stereocenters. The Hall–Kier alpha value is -1.96. The number of nitrogens with zero attached hydrogens (tertiary/aromatic N) is 2. The van der Waals surface area contributed by atoms with E-state index in [1.807, 2.05) is 5.63 Å². The Morgan fingerprint density at radius 3 is 2.95 bits per heavy atom. The number of aromatic nitrogens is 2. The molecular formula is C11H12N3O7P. The van der Waals surface area contributed by atoms with Crippen LogP contribution in [0.1, 0.15) is 6.23 Å². The third-order valence-corrected chi connectivity index (χ3v) is 3.27. The Labute approximate surface area is 124 Å². The van der Waals surface area contributed by atoms with E-state index in [1.54, 1.807) is 0 Å². The van der Waals surface area contributed by atoms with Gasteiger partial charge >= 0.3 is 124 Å². The van der Waals surface area contributed by atoms with Crippen LogP contribution in [0, 0.1) is 5.63 Å². The number of hydrogen-bond donors (Lipinski definition) is 3. The van der Waals surface area contributed by atoms with Gasteiger partial charge < -0.3 is 0 Å². The number of ether oxygens (including phenoxy) is 2. The molecule has 0 saturated carbocycles. The summed E-state index contributed by atoms with van der Waals surface area (Å²) in [4.78, 5) is 26.5. The second-order valence-corrected chi connectivity index (χ2v) is 4.76. The molecule has 22 heavy (non-hydrogen) atoms. The number of anilines is 1. The molecule has 2 rings (SSSR count). The number of rotatable bonds is 3. The summed E-state index contributed by atoms with van der Waals surface area (Å²) in [6, 6.07) is 1.32. The van der Waals surface area contributed by atoms with Crippen molar-refractivity contribution in [2.24, 2.45) is 0 Å². The Morgan fingerprint density at radius 1 is 1.64 bits per heavy atom. The molecule has 4 atom stereocenters. The van der Waals surface area contributed by atoms with E-state index in [0.29, 0.717) is 0 Å². The van der Waals surface area contributed by atoms with Gasteiger partial charge in [0.2, 0.25) is 0 Å². The van der Waals surface area contributed by atoms with Gasteiger partial charge in [-0.15, -0.1) is 0 Å². The van der Waals surface area contributed by atoms with Crippen LogP contribution >= 0.6 is 7.92 Å². The monoisotopic (exact) mass is 329 g/mol. The number of aliphatic hydroxyl groups is 2. The number of carbonyl (C=O) groups excluding carboxylic acids is 1. The van der Waals surface area contributed by atoms with Crippen LogP contribution in [0.2, 0.25) is 0 Å². The molecule has 1 saturated heterocycles. The van der Waals surface area contributed by atoms with E-state index in [-0.39, 0.29) is 5.82 Å². The second kappa shape index (κ2) is 6.87. The summed E-state index contributed by atoms with van der Waals surface area (Å²) in [7, 11) is -0.682. The average Bonchev–Trinajstić information content (AvgIpc) is 2.76. The van der Waals surface area contributed by atoms with Crippen molar-refractivity contribution in [3.63, 3.8) is 0 Å². The van der Waals surface area contributed by atoms with Crippen molar-refractivity contribution in [3.8, 4) is 5.63 Å². The van der Waals surface area contributed by atoms with Crippen LogP contribution in [0.5, 0.6) is 0 Å². The Balaban J connectivity index is 2.28. The SMILES string of the molecule is Nc1ccn([C@@H]2O[C@H](CO)[C@@H](OC(=O)C#P=O)[C@H]2O)c(=O)n1. The van der Waals surface area contributed by atoms with Gasteiger partial charge in [0.25, 0.3) is 0 Å². The van der Waals surface area contributed by atoms with Crippen molar-refractivity contribution in [1.29, 1.82) is 0 Å². The third kappa shape index (κ3) is 3.27. The van der Waals surface area contributed by atoms with Crippen molar-refractivity contribution in [2.45, 2.75) is 24.5 Å². The molecule has 1 fully saturated rings. The molecule has 2 heterocycles. The molecule has 4 N–H and O–H groups in total. The van der Waals surface area contributed by atoms with Crippen LogP contribution in [0.25, 0.3) is 0 Å². The molecule has 11 heteroatoms. The molecule has 10 nitrogen and oxygen atoms in total. The van der Waals surface area contributed by atoms with Gasteiger partial charge in [0.1, 0.15) is 0 Å². The van der Waals surface area contributed by atoms with Crippen molar-refractivity contribution in [1.82, 2.24) is 9.55 Å². The average molecular weight is 329 g/mol. The van der Waals surface area contributed by atoms with Gasteiger partial charge in [-0.25, -0.2) is 0 Å². The molecule has 0 aliphatic carbocycles. The summed E-state index contributed by atoms with van der Waals surface area (Å²) in [5.41, 5.74) is 6.41. The van der Waals surface area contributed by atoms with Gasteiger partial charge in [-0.2, -0.15) is 0 Å². The minimum absolute atomic E-state index is 0.00548. The van der Waals surface area contributed by atoms with Crippen molar-refractivity contribution in [3.05, 3.63) is 22.7 Å². The predicted octanol–water partition coefficient (Wildman–Crippen LogP) is -1.76. The van der Waals surface area contributed by atoms with Crippen molar-refractivity contribution in [2.75, 3.05) is 12.3 Å². The fourth-order valence-electron chi connectivity index (χ4n) is 2.05. The van der Waals surface area contributed by atoms with Gasteiger partial charge in [-0.3, -0.25) is 0 Å². The number of esters is 1. The molecule has 1 aliphatic heterocycles. The van der Waals surface area contributed by atoms with Crippen molar-refractivity contribution >= 4 is 19.7 Å². The standard InChI is InChI=1S/C11H12N3O7P/c12-6-1-2-14(11(18)13-6)10-8(17)9(5(3-15)20-10)21-7(16)4-22-19/h1-2,5,8-10,15,17H,3H2,(H2,12,13,18)/t5-,8-,9-,10-/m1/s1. The molecule has 0 spiro atoms. The van der Waals surface area contributed by atoms with Crippen LogP contribution in [0.3, 0.4) is 0 Å². The van der Waals surface area contributed by atoms with E-state index >= 15 is 0 Å². The van der Waals surface area contributed by atoms with E-state index in [0.717, 1.165) is 4.57 Å². The first kappa shape index (κ1) is 16.4. The van der Waals surface area contributed by atoms with Crippen LogP contribution in [0.15, 0.2) is 17.1 Å². The normalized spacial score (nSPS) is 27.2. The third-order valence-electron chi connectivity index (χ3n) is 3.00. The zero-order chi connectivity index (χ0) is 16.3. The quantitative estimate of drug-likeness (QED) is 0.432. The van der Waals surface area contributed by atoms with Gasteiger partial charge in [0.15, 0.2) is 0 Å². The first-order chi connectivity index (χ1) is 10.5. The summed E-state index contributed by atoms with van der Waals surface area (Å²) >= 11 is 0. The molecule has 0 radical (unpaired) electrons. The molecule has 0 bridgehead atoms. The van der Waals surface area contributed by atoms with Crippen LogP contribution in [0.4, 0.5) is 5.82 Å². The maximum atomic E-state index is 11.8. The Kier molecular flexibility index (Phi) is 5.12. The van der Waals surface area contributed by atoms with E-state index in [4.69, 9.17) is 15.2 Å². The van der Waals surface area contributed by atoms with Gasteiger partial charge in [-0.05, 0) is 0 Å². The predicted molar refractivity (Wildman–Crippen MR) is 71.3 cm³/mol. The zero-order valence-corrected chi connectivity index (χ0v) is 11.9. The van der Waals surface area contributed by atoms with Crippen molar-refractivity contribution < 1.29 is 29.0 Å². The molecule has 1 aliphatic rings. The van der Waals surface area contributed by atoms with Gasteiger partial charge in [0, 0.05) is 0 Å². The summed E-state index contributed by atoms with van der Waals surface area (Å²) < 4.78 is 21.4. The first-order valence-electron chi connectivity index (χ1n) is 6.06. The molecule has 1 aromatic rings. The number of nitrogen functional groups attached to an aromatic ring is 1. The fourth-order valence-corrected chi connectivity index (χ4v) is 2.18. The molecule has 118 valence electrons. The topological polar surface area (TPSA) is 154 Å². The Morgan fingerprint density at radius 2 is 2.36 bits per heavy atom. The summed E-state index contributed by atoms with van der Waals surface area (Å²) in [6.07, 6.45) is -3.75. The van der Waals surface area contributed by atoms with Gasteiger partial charge in [0.05, 0.1) is 0 Å². The van der Waals surface area contributed by atoms with E-state index in [2.05, 4.69) is 4.98 Å². The van der Waals surface area contributed by atoms with E-state index in [9.17, 15) is 24.4 Å². The van der Waals surface area contributed by atoms with Crippen LogP contribution in [-0.4, -0.2) is 50.7 Å². The first-order valence-corrected chi connectivity index (χ1v) is 6.87. The summed E-state index contributed by atoms with van der Waals surface area (Å²) in [6.45, 7) is -0.572. The number of aliphatic hydroxyl groups excluding tert-OH is 2. The molecule has 1 aromatic heterocycles. The fraction of sp³-hybridized carbons (Fsp3) is 0.455. The van der Waals surface area contributed by atoms with Crippen LogP contribution < -0.4 is 11.4 Å². The maximum absolute atomic E-state index is 11.8. The number of hydrogen-bond acceptors (Lipinski definition) is 9. The van der Waals surface area contributed by atoms with E-state index < -0.39 is 50.7 Å². The molecule has 0 amide bonds. The minimum atomic E-state index is -1.45. The number of carbonyl (C=O) groups is 1.